The number of nitrogens with two attached hydrogens (primary N) is 1. The summed E-state index contributed by atoms with van der Waals surface area (Å²) in [6.45, 7) is 0.567. The first-order valence-corrected chi connectivity index (χ1v) is 8.29. The molecule has 1 aliphatic heterocycles. The van der Waals surface area contributed by atoms with Crippen LogP contribution in [0.25, 0.3) is 0 Å². The quantitative estimate of drug-likeness (QED) is 0.570. The van der Waals surface area contributed by atoms with Crippen molar-refractivity contribution in [1.82, 2.24) is 5.32 Å². The van der Waals surface area contributed by atoms with E-state index in [1.54, 1.807) is 6.07 Å². The van der Waals surface area contributed by atoms with Crippen molar-refractivity contribution in [3.63, 3.8) is 0 Å². The molecule has 4 N–H and O–H groups in total. The molecular formula is C12H17N3O2S2. The molecule has 1 aromatic carbocycles. The van der Waals surface area contributed by atoms with Crippen molar-refractivity contribution in [2.75, 3.05) is 29.1 Å². The molecule has 1 fully saturated rings. The summed E-state index contributed by atoms with van der Waals surface area (Å²) >= 11 is 5.16. The Hall–Kier alpha value is -1.34. The highest BCUT2D eigenvalue weighted by atomic mass is 32.2. The van der Waals surface area contributed by atoms with Gasteiger partial charge in [-0.1, -0.05) is 12.1 Å². The smallest absolute Gasteiger partial charge is 0.170 e. The van der Waals surface area contributed by atoms with Gasteiger partial charge >= 0.3 is 0 Å². The van der Waals surface area contributed by atoms with Crippen LogP contribution >= 0.6 is 12.2 Å². The number of hydrogen-bond donors (Lipinski definition) is 3. The van der Waals surface area contributed by atoms with Crippen LogP contribution in [-0.4, -0.2) is 31.6 Å². The highest BCUT2D eigenvalue weighted by Gasteiger charge is 2.27. The lowest BCUT2D eigenvalue weighted by atomic mass is 10.1. The minimum atomic E-state index is -2.83. The van der Waals surface area contributed by atoms with E-state index in [0.29, 0.717) is 23.8 Å². The molecule has 0 radical (unpaired) electrons. The maximum atomic E-state index is 11.3. The number of nitrogens with one attached hydrogen (secondary N) is 2. The van der Waals surface area contributed by atoms with Gasteiger partial charge in [-0.15, -0.1) is 0 Å². The Labute approximate surface area is 118 Å². The SMILES string of the molecule is Nc1ccccc1NC(=S)NCC1CCS(=O)(=O)C1. The topological polar surface area (TPSA) is 84.2 Å². The minimum Gasteiger partial charge on any atom is -0.397 e. The van der Waals surface area contributed by atoms with Crippen LogP contribution in [0, 0.1) is 5.92 Å². The van der Waals surface area contributed by atoms with Crippen LogP contribution in [-0.2, 0) is 9.84 Å². The van der Waals surface area contributed by atoms with E-state index < -0.39 is 9.84 Å². The fraction of sp³-hybridized carbons (Fsp3) is 0.417. The first-order valence-electron chi connectivity index (χ1n) is 6.06. The zero-order chi connectivity index (χ0) is 13.9. The second kappa shape index (κ2) is 5.75. The molecule has 1 unspecified atom stereocenters. The van der Waals surface area contributed by atoms with E-state index in [4.69, 9.17) is 18.0 Å². The van der Waals surface area contributed by atoms with Gasteiger partial charge in [-0.3, -0.25) is 0 Å². The van der Waals surface area contributed by atoms with Gasteiger partial charge in [0.2, 0.25) is 0 Å². The van der Waals surface area contributed by atoms with Gasteiger partial charge in [-0.05, 0) is 36.7 Å². The number of benzene rings is 1. The van der Waals surface area contributed by atoms with Crippen molar-refractivity contribution in [3.05, 3.63) is 24.3 Å². The van der Waals surface area contributed by atoms with Crippen molar-refractivity contribution in [1.29, 1.82) is 0 Å². The monoisotopic (exact) mass is 299 g/mol. The molecule has 0 aromatic heterocycles. The summed E-state index contributed by atoms with van der Waals surface area (Å²) in [4.78, 5) is 0. The molecule has 7 heteroatoms. The standard InChI is InChI=1S/C12H17N3O2S2/c13-10-3-1-2-4-11(10)15-12(18)14-7-9-5-6-19(16,17)8-9/h1-4,9H,5-8,13H2,(H2,14,15,18). The summed E-state index contributed by atoms with van der Waals surface area (Å²) in [6, 6.07) is 7.34. The molecule has 0 spiro atoms. The number of anilines is 2. The van der Waals surface area contributed by atoms with Gasteiger partial charge in [0, 0.05) is 6.54 Å². The third kappa shape index (κ3) is 4.07. The molecule has 0 aliphatic carbocycles. The van der Waals surface area contributed by atoms with Crippen LogP contribution in [0.1, 0.15) is 6.42 Å². The number of para-hydroxylation sites is 2. The van der Waals surface area contributed by atoms with Crippen molar-refractivity contribution < 1.29 is 8.42 Å². The molecular weight excluding hydrogens is 282 g/mol. The summed E-state index contributed by atoms with van der Waals surface area (Å²) < 4.78 is 22.7. The molecule has 2 rings (SSSR count). The van der Waals surface area contributed by atoms with Crippen molar-refractivity contribution in [2.45, 2.75) is 6.42 Å². The van der Waals surface area contributed by atoms with E-state index in [1.165, 1.54) is 0 Å². The van der Waals surface area contributed by atoms with Gasteiger partial charge in [0.1, 0.15) is 0 Å². The average Bonchev–Trinajstić information content (AvgIpc) is 2.69. The number of rotatable bonds is 3. The Balaban J connectivity index is 1.81. The largest absolute Gasteiger partial charge is 0.397 e. The van der Waals surface area contributed by atoms with E-state index in [0.717, 1.165) is 5.69 Å². The van der Waals surface area contributed by atoms with Gasteiger partial charge in [0.25, 0.3) is 0 Å². The van der Waals surface area contributed by atoms with Crippen LogP contribution in [0.4, 0.5) is 11.4 Å². The molecule has 5 nitrogen and oxygen atoms in total. The molecule has 0 amide bonds. The predicted octanol–water partition coefficient (Wildman–Crippen LogP) is 0.990. The Kier molecular flexibility index (Phi) is 4.26. The zero-order valence-corrected chi connectivity index (χ0v) is 12.1. The lowest BCUT2D eigenvalue weighted by molar-refractivity contribution is 0.574. The summed E-state index contributed by atoms with van der Waals surface area (Å²) in [5.41, 5.74) is 7.16. The van der Waals surface area contributed by atoms with E-state index in [9.17, 15) is 8.42 Å². The second-order valence-corrected chi connectivity index (χ2v) is 7.33. The first kappa shape index (κ1) is 14.1. The van der Waals surface area contributed by atoms with Gasteiger partial charge in [-0.2, -0.15) is 0 Å². The minimum absolute atomic E-state index is 0.137. The maximum absolute atomic E-state index is 11.3. The molecule has 1 aromatic rings. The molecule has 104 valence electrons. The van der Waals surface area contributed by atoms with Crippen molar-refractivity contribution >= 4 is 38.5 Å². The third-order valence-electron chi connectivity index (χ3n) is 3.09. The fourth-order valence-corrected chi connectivity index (χ4v) is 4.10. The predicted molar refractivity (Wildman–Crippen MR) is 81.8 cm³/mol. The van der Waals surface area contributed by atoms with Crippen LogP contribution in [0.2, 0.25) is 0 Å². The molecule has 0 bridgehead atoms. The molecule has 1 heterocycles. The Morgan fingerprint density at radius 2 is 2.16 bits per heavy atom. The van der Waals surface area contributed by atoms with Crippen LogP contribution in [0.15, 0.2) is 24.3 Å². The van der Waals surface area contributed by atoms with Crippen LogP contribution in [0.3, 0.4) is 0 Å². The molecule has 0 saturated carbocycles. The summed E-state index contributed by atoms with van der Waals surface area (Å²) in [6.07, 6.45) is 0.700. The molecule has 19 heavy (non-hydrogen) atoms. The van der Waals surface area contributed by atoms with Gasteiger partial charge in [0.05, 0.1) is 22.9 Å². The van der Waals surface area contributed by atoms with E-state index >= 15 is 0 Å². The Morgan fingerprint density at radius 3 is 2.79 bits per heavy atom. The highest BCUT2D eigenvalue weighted by molar-refractivity contribution is 7.91. The van der Waals surface area contributed by atoms with Crippen molar-refractivity contribution in [3.8, 4) is 0 Å². The third-order valence-corrected chi connectivity index (χ3v) is 5.17. The van der Waals surface area contributed by atoms with Gasteiger partial charge in [0.15, 0.2) is 14.9 Å². The fourth-order valence-electron chi connectivity index (χ4n) is 2.05. The second-order valence-electron chi connectivity index (χ2n) is 4.69. The Morgan fingerprint density at radius 1 is 1.42 bits per heavy atom. The normalized spacial score (nSPS) is 20.9. The molecule has 1 saturated heterocycles. The van der Waals surface area contributed by atoms with Gasteiger partial charge < -0.3 is 16.4 Å². The van der Waals surface area contributed by atoms with E-state index in [1.807, 2.05) is 18.2 Å². The lowest BCUT2D eigenvalue weighted by Gasteiger charge is -2.14. The summed E-state index contributed by atoms with van der Waals surface area (Å²) in [5.74, 6) is 0.666. The molecule has 1 aliphatic rings. The number of sulfone groups is 1. The van der Waals surface area contributed by atoms with E-state index in [-0.39, 0.29) is 17.4 Å². The van der Waals surface area contributed by atoms with Crippen LogP contribution < -0.4 is 16.4 Å². The average molecular weight is 299 g/mol. The Bertz CT molecular complexity index is 572. The van der Waals surface area contributed by atoms with Crippen molar-refractivity contribution in [2.24, 2.45) is 5.92 Å². The number of nitrogen functional groups attached to an aromatic ring is 1. The zero-order valence-electron chi connectivity index (χ0n) is 10.4. The van der Waals surface area contributed by atoms with E-state index in [2.05, 4.69) is 10.6 Å². The lowest BCUT2D eigenvalue weighted by Crippen LogP contribution is -2.33. The van der Waals surface area contributed by atoms with Gasteiger partial charge in [-0.25, -0.2) is 8.42 Å². The number of hydrogen-bond acceptors (Lipinski definition) is 4. The summed E-state index contributed by atoms with van der Waals surface area (Å²) in [7, 11) is -2.83. The maximum Gasteiger partial charge on any atom is 0.170 e. The first-order chi connectivity index (χ1) is 8.96. The highest BCUT2D eigenvalue weighted by Crippen LogP contribution is 2.18. The molecule has 1 atom stereocenters. The number of thiocarbonyl (C=S) groups is 1. The summed E-state index contributed by atoms with van der Waals surface area (Å²) in [5, 5.41) is 6.50. The van der Waals surface area contributed by atoms with Crippen LogP contribution in [0.5, 0.6) is 0 Å².